The summed E-state index contributed by atoms with van der Waals surface area (Å²) < 4.78 is 28.8. The Kier molecular flexibility index (Phi) is 5.66. The van der Waals surface area contributed by atoms with Gasteiger partial charge >= 0.3 is 5.97 Å². The number of carboxylic acid groups (broad SMARTS) is 1. The number of carbonyl (C=O) groups is 1. The molecule has 0 aliphatic rings. The number of aliphatic hydroxyl groups excluding tert-OH is 1. The Morgan fingerprint density at radius 1 is 1.21 bits per heavy atom. The highest BCUT2D eigenvalue weighted by Gasteiger charge is 2.12. The van der Waals surface area contributed by atoms with E-state index in [-0.39, 0.29) is 18.6 Å². The zero-order valence-corrected chi connectivity index (χ0v) is 8.40. The Morgan fingerprint density at radius 2 is 1.79 bits per heavy atom. The number of carboxylic acids is 1. The Balaban J connectivity index is 3.44. The molecular weight excluding hydrogens is 212 g/mol. The van der Waals surface area contributed by atoms with Gasteiger partial charge in [-0.3, -0.25) is 4.55 Å². The summed E-state index contributed by atoms with van der Waals surface area (Å²) in [5.74, 6) is -1.60. The SMILES string of the molecule is O=C(O)C(O)CCCCCS(=O)(=O)O. The third-order valence-corrected chi connectivity index (χ3v) is 2.47. The van der Waals surface area contributed by atoms with E-state index >= 15 is 0 Å². The fourth-order valence-electron chi connectivity index (χ4n) is 0.922. The first-order valence-corrected chi connectivity index (χ1v) is 5.80. The first-order chi connectivity index (χ1) is 6.33. The van der Waals surface area contributed by atoms with Crippen molar-refractivity contribution in [1.29, 1.82) is 0 Å². The van der Waals surface area contributed by atoms with Crippen LogP contribution in [0.5, 0.6) is 0 Å². The number of aliphatic hydroxyl groups is 1. The molecule has 1 atom stereocenters. The Bertz CT molecular complexity index is 270. The van der Waals surface area contributed by atoms with Gasteiger partial charge in [0.05, 0.1) is 5.75 Å². The first-order valence-electron chi connectivity index (χ1n) is 4.19. The minimum Gasteiger partial charge on any atom is -0.479 e. The second-order valence-electron chi connectivity index (χ2n) is 2.99. The van der Waals surface area contributed by atoms with Gasteiger partial charge in [0, 0.05) is 0 Å². The minimum absolute atomic E-state index is 0.0980. The van der Waals surface area contributed by atoms with Crippen molar-refractivity contribution in [2.75, 3.05) is 5.75 Å². The molecule has 0 aromatic heterocycles. The number of hydrogen-bond acceptors (Lipinski definition) is 4. The average Bonchev–Trinajstić information content (AvgIpc) is 2.01. The maximum absolute atomic E-state index is 10.2. The average molecular weight is 226 g/mol. The van der Waals surface area contributed by atoms with Crippen molar-refractivity contribution in [3.8, 4) is 0 Å². The maximum Gasteiger partial charge on any atom is 0.332 e. The van der Waals surface area contributed by atoms with Gasteiger partial charge in [0.1, 0.15) is 0 Å². The zero-order valence-electron chi connectivity index (χ0n) is 7.59. The highest BCUT2D eigenvalue weighted by molar-refractivity contribution is 7.85. The highest BCUT2D eigenvalue weighted by Crippen LogP contribution is 2.04. The largest absolute Gasteiger partial charge is 0.479 e. The molecule has 0 saturated carbocycles. The molecule has 0 aromatic rings. The van der Waals surface area contributed by atoms with Crippen LogP contribution in [0.4, 0.5) is 0 Å². The molecule has 6 nitrogen and oxygen atoms in total. The summed E-state index contributed by atoms with van der Waals surface area (Å²) in [6.45, 7) is 0. The summed E-state index contributed by atoms with van der Waals surface area (Å²) in [5, 5.41) is 17.1. The van der Waals surface area contributed by atoms with E-state index in [1.54, 1.807) is 0 Å². The molecule has 0 rings (SSSR count). The van der Waals surface area contributed by atoms with Gasteiger partial charge in [-0.2, -0.15) is 8.42 Å². The van der Waals surface area contributed by atoms with E-state index in [4.69, 9.17) is 14.8 Å². The van der Waals surface area contributed by atoms with Crippen LogP contribution in [0.15, 0.2) is 0 Å². The Labute approximate surface area is 82.3 Å². The summed E-state index contributed by atoms with van der Waals surface area (Å²) in [5.41, 5.74) is 0. The standard InChI is InChI=1S/C7H14O6S/c8-6(7(9)10)4-2-1-3-5-14(11,12)13/h6,8H,1-5H2,(H,9,10)(H,11,12,13). The molecule has 1 unspecified atom stereocenters. The summed E-state index contributed by atoms with van der Waals surface area (Å²) in [6.07, 6.45) is -0.139. The monoisotopic (exact) mass is 226 g/mol. The summed E-state index contributed by atoms with van der Waals surface area (Å²) in [6, 6.07) is 0. The van der Waals surface area contributed by atoms with Gasteiger partial charge < -0.3 is 10.2 Å². The first kappa shape index (κ1) is 13.3. The normalized spacial score (nSPS) is 13.9. The van der Waals surface area contributed by atoms with Crippen LogP contribution in [0.25, 0.3) is 0 Å². The molecule has 0 radical (unpaired) electrons. The summed E-state index contributed by atoms with van der Waals surface area (Å²) in [4.78, 5) is 10.1. The van der Waals surface area contributed by atoms with Crippen LogP contribution in [0.3, 0.4) is 0 Å². The second kappa shape index (κ2) is 5.94. The third kappa shape index (κ3) is 7.96. The van der Waals surface area contributed by atoms with Gasteiger partial charge in [-0.1, -0.05) is 12.8 Å². The van der Waals surface area contributed by atoms with Crippen LogP contribution in [0, 0.1) is 0 Å². The fraction of sp³-hybridized carbons (Fsp3) is 0.857. The Hall–Kier alpha value is -0.660. The van der Waals surface area contributed by atoms with Crippen LogP contribution < -0.4 is 0 Å². The van der Waals surface area contributed by atoms with Crippen molar-refractivity contribution >= 4 is 16.1 Å². The van der Waals surface area contributed by atoms with E-state index in [1.807, 2.05) is 0 Å². The molecule has 7 heteroatoms. The van der Waals surface area contributed by atoms with Crippen LogP contribution in [0.2, 0.25) is 0 Å². The van der Waals surface area contributed by atoms with E-state index < -0.39 is 22.2 Å². The molecule has 0 aliphatic carbocycles. The summed E-state index contributed by atoms with van der Waals surface area (Å²) >= 11 is 0. The van der Waals surface area contributed by atoms with E-state index in [0.29, 0.717) is 12.8 Å². The molecule has 0 aliphatic heterocycles. The highest BCUT2D eigenvalue weighted by atomic mass is 32.2. The molecule has 14 heavy (non-hydrogen) atoms. The number of unbranched alkanes of at least 4 members (excludes halogenated alkanes) is 2. The van der Waals surface area contributed by atoms with Crippen LogP contribution in [-0.4, -0.2) is 41.0 Å². The fourth-order valence-corrected chi connectivity index (χ4v) is 1.49. The van der Waals surface area contributed by atoms with Gasteiger partial charge in [0.15, 0.2) is 6.10 Å². The lowest BCUT2D eigenvalue weighted by Gasteiger charge is -2.03. The van der Waals surface area contributed by atoms with Crippen LogP contribution >= 0.6 is 0 Å². The van der Waals surface area contributed by atoms with Crippen molar-refractivity contribution in [2.45, 2.75) is 31.8 Å². The van der Waals surface area contributed by atoms with Crippen LogP contribution in [-0.2, 0) is 14.9 Å². The van der Waals surface area contributed by atoms with Crippen molar-refractivity contribution < 1.29 is 28.0 Å². The van der Waals surface area contributed by atoms with E-state index in [1.165, 1.54) is 0 Å². The van der Waals surface area contributed by atoms with Gasteiger partial charge in [-0.25, -0.2) is 4.79 Å². The van der Waals surface area contributed by atoms with E-state index in [0.717, 1.165) is 0 Å². The molecular formula is C7H14O6S. The van der Waals surface area contributed by atoms with E-state index in [9.17, 15) is 13.2 Å². The van der Waals surface area contributed by atoms with Crippen molar-refractivity contribution in [3.63, 3.8) is 0 Å². The summed E-state index contributed by atoms with van der Waals surface area (Å²) in [7, 11) is -3.92. The molecule has 0 heterocycles. The molecule has 84 valence electrons. The molecule has 0 aromatic carbocycles. The number of rotatable bonds is 7. The molecule has 0 fully saturated rings. The van der Waals surface area contributed by atoms with Crippen molar-refractivity contribution in [3.05, 3.63) is 0 Å². The third-order valence-electron chi connectivity index (χ3n) is 1.66. The predicted molar refractivity (Wildman–Crippen MR) is 48.5 cm³/mol. The molecule has 3 N–H and O–H groups in total. The lowest BCUT2D eigenvalue weighted by atomic mass is 10.1. The maximum atomic E-state index is 10.2. The number of aliphatic carboxylic acids is 1. The minimum atomic E-state index is -3.92. The van der Waals surface area contributed by atoms with Crippen LogP contribution in [0.1, 0.15) is 25.7 Å². The lowest BCUT2D eigenvalue weighted by Crippen LogP contribution is -2.19. The zero-order chi connectivity index (χ0) is 11.2. The molecule has 0 saturated heterocycles. The van der Waals surface area contributed by atoms with Gasteiger partial charge in [-0.15, -0.1) is 0 Å². The predicted octanol–water partition coefficient (Wildman–Crippen LogP) is -0.120. The second-order valence-corrected chi connectivity index (χ2v) is 4.56. The molecule has 0 amide bonds. The lowest BCUT2D eigenvalue weighted by molar-refractivity contribution is -0.146. The topological polar surface area (TPSA) is 112 Å². The molecule has 0 bridgehead atoms. The van der Waals surface area contributed by atoms with Gasteiger partial charge in [-0.05, 0) is 12.8 Å². The quantitative estimate of drug-likeness (QED) is 0.412. The number of hydrogen-bond donors (Lipinski definition) is 3. The Morgan fingerprint density at radius 3 is 2.21 bits per heavy atom. The van der Waals surface area contributed by atoms with Gasteiger partial charge in [0.2, 0.25) is 0 Å². The van der Waals surface area contributed by atoms with Crippen molar-refractivity contribution in [1.82, 2.24) is 0 Å². The van der Waals surface area contributed by atoms with Gasteiger partial charge in [0.25, 0.3) is 10.1 Å². The molecule has 0 spiro atoms. The van der Waals surface area contributed by atoms with Crippen molar-refractivity contribution in [2.24, 2.45) is 0 Å². The smallest absolute Gasteiger partial charge is 0.332 e. The van der Waals surface area contributed by atoms with E-state index in [2.05, 4.69) is 0 Å².